The quantitative estimate of drug-likeness (QED) is 0.857. The summed E-state index contributed by atoms with van der Waals surface area (Å²) in [5.74, 6) is -0.525. The molecule has 0 radical (unpaired) electrons. The van der Waals surface area contributed by atoms with Gasteiger partial charge in [-0.1, -0.05) is 13.8 Å². The van der Waals surface area contributed by atoms with Gasteiger partial charge in [-0.3, -0.25) is 4.79 Å². The topological polar surface area (TPSA) is 56.9 Å². The molecule has 0 aliphatic heterocycles. The Balaban J connectivity index is 2.80. The smallest absolute Gasteiger partial charge is 0.267 e. The van der Waals surface area contributed by atoms with E-state index in [9.17, 15) is 14.0 Å². The summed E-state index contributed by atoms with van der Waals surface area (Å²) >= 11 is 0. The largest absolute Gasteiger partial charge is 0.352 e. The SMILES string of the molecule is CCn1nc(C(C)C)c(=O)n(-c2ccc(F)cc2)c1=O. The zero-order valence-corrected chi connectivity index (χ0v) is 11.6. The molecule has 2 rings (SSSR count). The summed E-state index contributed by atoms with van der Waals surface area (Å²) in [6, 6.07) is 5.24. The second kappa shape index (κ2) is 5.40. The molecule has 2 aromatic rings. The van der Waals surface area contributed by atoms with Gasteiger partial charge in [-0.25, -0.2) is 18.4 Å². The van der Waals surface area contributed by atoms with Gasteiger partial charge < -0.3 is 0 Å². The van der Waals surface area contributed by atoms with Crippen molar-refractivity contribution in [2.24, 2.45) is 0 Å². The van der Waals surface area contributed by atoms with Crippen molar-refractivity contribution in [2.75, 3.05) is 0 Å². The zero-order chi connectivity index (χ0) is 14.9. The number of aromatic nitrogens is 3. The number of aryl methyl sites for hydroxylation is 1. The lowest BCUT2D eigenvalue weighted by molar-refractivity contribution is 0.534. The third-order valence-corrected chi connectivity index (χ3v) is 2.99. The molecule has 0 aliphatic carbocycles. The van der Waals surface area contributed by atoms with Crippen LogP contribution in [-0.4, -0.2) is 14.3 Å². The lowest BCUT2D eigenvalue weighted by atomic mass is 10.1. The maximum Gasteiger partial charge on any atom is 0.352 e. The van der Waals surface area contributed by atoms with E-state index in [-0.39, 0.29) is 5.92 Å². The van der Waals surface area contributed by atoms with Gasteiger partial charge in [0.1, 0.15) is 11.5 Å². The number of hydrogen-bond donors (Lipinski definition) is 0. The zero-order valence-electron chi connectivity index (χ0n) is 11.6. The molecule has 0 unspecified atom stereocenters. The Bertz CT molecular complexity index is 730. The second-order valence-electron chi connectivity index (χ2n) is 4.76. The van der Waals surface area contributed by atoms with E-state index >= 15 is 0 Å². The molecule has 106 valence electrons. The number of benzene rings is 1. The molecular weight excluding hydrogens is 261 g/mol. The molecule has 6 heteroatoms. The van der Waals surface area contributed by atoms with Gasteiger partial charge in [-0.15, -0.1) is 0 Å². The van der Waals surface area contributed by atoms with Crippen LogP contribution in [-0.2, 0) is 6.54 Å². The second-order valence-corrected chi connectivity index (χ2v) is 4.76. The monoisotopic (exact) mass is 277 g/mol. The highest BCUT2D eigenvalue weighted by Gasteiger charge is 2.16. The minimum atomic E-state index is -0.520. The Morgan fingerprint density at radius 1 is 1.20 bits per heavy atom. The van der Waals surface area contributed by atoms with E-state index in [0.29, 0.717) is 17.9 Å². The Kier molecular flexibility index (Phi) is 3.83. The Labute approximate surface area is 115 Å². The van der Waals surface area contributed by atoms with Gasteiger partial charge in [0.05, 0.1) is 5.69 Å². The van der Waals surface area contributed by atoms with Gasteiger partial charge in [-0.2, -0.15) is 5.10 Å². The molecule has 0 aliphatic rings. The van der Waals surface area contributed by atoms with Crippen molar-refractivity contribution >= 4 is 0 Å². The van der Waals surface area contributed by atoms with E-state index in [4.69, 9.17) is 0 Å². The molecule has 0 N–H and O–H groups in total. The summed E-state index contributed by atoms with van der Waals surface area (Å²) in [7, 11) is 0. The van der Waals surface area contributed by atoms with Crippen LogP contribution in [0.2, 0.25) is 0 Å². The van der Waals surface area contributed by atoms with E-state index < -0.39 is 17.1 Å². The maximum absolute atomic E-state index is 13.0. The first-order valence-electron chi connectivity index (χ1n) is 6.45. The van der Waals surface area contributed by atoms with Crippen LogP contribution in [0.3, 0.4) is 0 Å². The molecule has 20 heavy (non-hydrogen) atoms. The lowest BCUT2D eigenvalue weighted by Gasteiger charge is -2.12. The van der Waals surface area contributed by atoms with E-state index in [1.165, 1.54) is 28.9 Å². The number of nitrogens with zero attached hydrogens (tertiary/aromatic N) is 3. The van der Waals surface area contributed by atoms with Crippen molar-refractivity contribution in [1.82, 2.24) is 14.3 Å². The van der Waals surface area contributed by atoms with Gasteiger partial charge in [-0.05, 0) is 31.2 Å². The van der Waals surface area contributed by atoms with Crippen LogP contribution in [0.25, 0.3) is 5.69 Å². The van der Waals surface area contributed by atoms with Gasteiger partial charge in [0, 0.05) is 12.5 Å². The molecule has 0 saturated carbocycles. The van der Waals surface area contributed by atoms with Crippen LogP contribution >= 0.6 is 0 Å². The molecule has 1 heterocycles. The molecule has 0 bridgehead atoms. The third-order valence-electron chi connectivity index (χ3n) is 2.99. The van der Waals surface area contributed by atoms with Crippen LogP contribution < -0.4 is 11.2 Å². The van der Waals surface area contributed by atoms with Crippen LogP contribution in [0.1, 0.15) is 32.4 Å². The fourth-order valence-corrected chi connectivity index (χ4v) is 1.92. The summed E-state index contributed by atoms with van der Waals surface area (Å²) in [6.45, 7) is 5.81. The van der Waals surface area contributed by atoms with E-state index in [1.807, 2.05) is 13.8 Å². The molecule has 0 fully saturated rings. The fourth-order valence-electron chi connectivity index (χ4n) is 1.92. The van der Waals surface area contributed by atoms with Gasteiger partial charge in [0.2, 0.25) is 0 Å². The molecule has 0 amide bonds. The van der Waals surface area contributed by atoms with Crippen molar-refractivity contribution in [3.63, 3.8) is 0 Å². The Morgan fingerprint density at radius 2 is 1.80 bits per heavy atom. The van der Waals surface area contributed by atoms with Crippen molar-refractivity contribution in [2.45, 2.75) is 33.2 Å². The average Bonchev–Trinajstić information content (AvgIpc) is 2.41. The number of halogens is 1. The first-order valence-corrected chi connectivity index (χ1v) is 6.45. The van der Waals surface area contributed by atoms with Crippen LogP contribution in [0.4, 0.5) is 4.39 Å². The summed E-state index contributed by atoms with van der Waals surface area (Å²) in [6.07, 6.45) is 0. The predicted molar refractivity (Wildman–Crippen MR) is 73.8 cm³/mol. The normalized spacial score (nSPS) is 11.1. The summed E-state index contributed by atoms with van der Waals surface area (Å²) in [5.41, 5.74) is -0.321. The highest BCUT2D eigenvalue weighted by Crippen LogP contribution is 2.08. The Hall–Kier alpha value is -2.24. The minimum absolute atomic E-state index is 0.104. The summed E-state index contributed by atoms with van der Waals surface area (Å²) < 4.78 is 15.2. The van der Waals surface area contributed by atoms with E-state index in [2.05, 4.69) is 5.10 Å². The molecule has 0 saturated heterocycles. The van der Waals surface area contributed by atoms with Crippen molar-refractivity contribution in [3.05, 3.63) is 56.6 Å². The van der Waals surface area contributed by atoms with Gasteiger partial charge >= 0.3 is 5.69 Å². The van der Waals surface area contributed by atoms with Crippen molar-refractivity contribution in [3.8, 4) is 5.69 Å². The van der Waals surface area contributed by atoms with Gasteiger partial charge in [0.15, 0.2) is 0 Å². The maximum atomic E-state index is 13.0. The highest BCUT2D eigenvalue weighted by atomic mass is 19.1. The molecule has 1 aromatic heterocycles. The lowest BCUT2D eigenvalue weighted by Crippen LogP contribution is -2.42. The molecule has 1 aromatic carbocycles. The Morgan fingerprint density at radius 3 is 2.30 bits per heavy atom. The van der Waals surface area contributed by atoms with Gasteiger partial charge in [0.25, 0.3) is 5.56 Å². The third kappa shape index (κ3) is 2.41. The minimum Gasteiger partial charge on any atom is -0.267 e. The van der Waals surface area contributed by atoms with Crippen LogP contribution in [0.15, 0.2) is 33.9 Å². The fraction of sp³-hybridized carbons (Fsp3) is 0.357. The summed E-state index contributed by atoms with van der Waals surface area (Å²) in [4.78, 5) is 24.6. The van der Waals surface area contributed by atoms with E-state index in [1.54, 1.807) is 6.92 Å². The molecular formula is C14H16FN3O2. The standard InChI is InChI=1S/C14H16FN3O2/c1-4-17-14(20)18(11-7-5-10(15)6-8-11)13(19)12(16-17)9(2)3/h5-9H,4H2,1-3H3. The first-order chi connectivity index (χ1) is 9.45. The van der Waals surface area contributed by atoms with Crippen molar-refractivity contribution in [1.29, 1.82) is 0 Å². The predicted octanol–water partition coefficient (Wildman–Crippen LogP) is 1.68. The van der Waals surface area contributed by atoms with E-state index in [0.717, 1.165) is 4.57 Å². The van der Waals surface area contributed by atoms with Crippen LogP contribution in [0, 0.1) is 5.82 Å². The first kappa shape index (κ1) is 14.2. The molecule has 0 atom stereocenters. The molecule has 5 nitrogen and oxygen atoms in total. The summed E-state index contributed by atoms with van der Waals surface area (Å²) in [5, 5.41) is 4.09. The number of rotatable bonds is 3. The highest BCUT2D eigenvalue weighted by molar-refractivity contribution is 5.32. The average molecular weight is 277 g/mol. The number of hydrogen-bond acceptors (Lipinski definition) is 3. The van der Waals surface area contributed by atoms with Crippen LogP contribution in [0.5, 0.6) is 0 Å². The van der Waals surface area contributed by atoms with Crippen molar-refractivity contribution < 1.29 is 4.39 Å². The molecule has 0 spiro atoms.